The van der Waals surface area contributed by atoms with E-state index >= 15 is 0 Å². The molecule has 0 spiro atoms. The van der Waals surface area contributed by atoms with E-state index in [0.717, 1.165) is 38.7 Å². The normalized spacial score (nSPS) is 10.5. The van der Waals surface area contributed by atoms with E-state index in [0.29, 0.717) is 32.8 Å². The monoisotopic (exact) mass is 332 g/mol. The molecule has 136 valence electrons. The molecule has 0 aliphatic rings. The summed E-state index contributed by atoms with van der Waals surface area (Å²) in [4.78, 5) is 22.4. The van der Waals surface area contributed by atoms with Crippen molar-refractivity contribution >= 4 is 11.8 Å². The van der Waals surface area contributed by atoms with Gasteiger partial charge in [-0.05, 0) is 25.7 Å². The number of carbonyl (C=O) groups excluding carboxylic acids is 2. The van der Waals surface area contributed by atoms with Crippen molar-refractivity contribution < 1.29 is 23.8 Å². The topological polar surface area (TPSA) is 85.9 Å². The molecule has 0 atom stereocenters. The zero-order valence-corrected chi connectivity index (χ0v) is 14.5. The summed E-state index contributed by atoms with van der Waals surface area (Å²) in [5.41, 5.74) is 0. The second kappa shape index (κ2) is 17.2. The van der Waals surface area contributed by atoms with Crippen LogP contribution in [0.5, 0.6) is 0 Å². The third-order valence-electron chi connectivity index (χ3n) is 3.16. The van der Waals surface area contributed by atoms with Gasteiger partial charge in [0.2, 0.25) is 11.8 Å². The van der Waals surface area contributed by atoms with Crippen molar-refractivity contribution in [3.05, 3.63) is 0 Å². The van der Waals surface area contributed by atoms with Gasteiger partial charge in [-0.25, -0.2) is 0 Å². The fraction of sp³-hybridized carbons (Fsp3) is 0.875. The highest BCUT2D eigenvalue weighted by atomic mass is 16.5. The lowest BCUT2D eigenvalue weighted by Gasteiger charge is -2.07. The Morgan fingerprint density at radius 1 is 0.826 bits per heavy atom. The van der Waals surface area contributed by atoms with E-state index in [4.69, 9.17) is 14.2 Å². The number of ether oxygens (including phenoxy) is 3. The van der Waals surface area contributed by atoms with Crippen molar-refractivity contribution in [3.63, 3.8) is 0 Å². The Bertz CT molecular complexity index is 300. The van der Waals surface area contributed by atoms with E-state index in [1.807, 2.05) is 0 Å². The van der Waals surface area contributed by atoms with Crippen LogP contribution in [0.15, 0.2) is 0 Å². The van der Waals surface area contributed by atoms with Gasteiger partial charge in [-0.15, -0.1) is 0 Å². The van der Waals surface area contributed by atoms with Gasteiger partial charge < -0.3 is 24.8 Å². The second-order valence-corrected chi connectivity index (χ2v) is 5.20. The summed E-state index contributed by atoms with van der Waals surface area (Å²) in [5.74, 6) is -0.0377. The number of nitrogens with one attached hydrogen (secondary N) is 2. The molecule has 0 radical (unpaired) electrons. The molecule has 7 nitrogen and oxygen atoms in total. The van der Waals surface area contributed by atoms with Crippen LogP contribution in [0.1, 0.15) is 38.5 Å². The molecule has 0 aromatic carbocycles. The van der Waals surface area contributed by atoms with Gasteiger partial charge in [0.15, 0.2) is 0 Å². The molecule has 0 aromatic rings. The number of hydrogen-bond acceptors (Lipinski definition) is 5. The number of unbranched alkanes of at least 4 members (excludes halogenated alkanes) is 3. The lowest BCUT2D eigenvalue weighted by molar-refractivity contribution is -0.125. The van der Waals surface area contributed by atoms with Crippen LogP contribution in [-0.2, 0) is 23.8 Å². The Morgan fingerprint density at radius 3 is 2.22 bits per heavy atom. The number of carbonyl (C=O) groups is 2. The molecule has 23 heavy (non-hydrogen) atoms. The Balaban J connectivity index is 3.17. The average molecular weight is 332 g/mol. The summed E-state index contributed by atoms with van der Waals surface area (Å²) >= 11 is 0. The van der Waals surface area contributed by atoms with E-state index in [2.05, 4.69) is 10.6 Å². The van der Waals surface area contributed by atoms with Crippen LogP contribution in [0, 0.1) is 0 Å². The lowest BCUT2D eigenvalue weighted by Crippen LogP contribution is -2.27. The van der Waals surface area contributed by atoms with E-state index < -0.39 is 0 Å². The van der Waals surface area contributed by atoms with Crippen LogP contribution < -0.4 is 10.6 Å². The number of likely N-dealkylation sites (N-methyl/N-ethyl adjacent to an activating group) is 1. The van der Waals surface area contributed by atoms with E-state index in [1.54, 1.807) is 14.2 Å². The smallest absolute Gasteiger partial charge is 0.245 e. The van der Waals surface area contributed by atoms with Crippen molar-refractivity contribution in [1.29, 1.82) is 0 Å². The maximum atomic E-state index is 11.5. The zero-order valence-electron chi connectivity index (χ0n) is 14.5. The molecule has 0 unspecified atom stereocenters. The van der Waals surface area contributed by atoms with Gasteiger partial charge in [-0.1, -0.05) is 6.42 Å². The molecule has 0 aromatic heterocycles. The summed E-state index contributed by atoms with van der Waals surface area (Å²) in [6.07, 6.45) is 5.20. The summed E-state index contributed by atoms with van der Waals surface area (Å²) in [7, 11) is 3.27. The molecular weight excluding hydrogens is 300 g/mol. The maximum Gasteiger partial charge on any atom is 0.245 e. The first-order valence-electron chi connectivity index (χ1n) is 8.32. The maximum absolute atomic E-state index is 11.5. The molecule has 0 bridgehead atoms. The summed E-state index contributed by atoms with van der Waals surface area (Å²) in [5, 5.41) is 5.33. The van der Waals surface area contributed by atoms with Crippen LogP contribution in [0.2, 0.25) is 0 Å². The fourth-order valence-corrected chi connectivity index (χ4v) is 1.81. The Hall–Kier alpha value is -1.18. The molecular formula is C16H32N2O5. The van der Waals surface area contributed by atoms with Gasteiger partial charge in [-0.2, -0.15) is 0 Å². The molecule has 0 saturated heterocycles. The highest BCUT2D eigenvalue weighted by molar-refractivity contribution is 5.76. The molecule has 0 saturated carbocycles. The van der Waals surface area contributed by atoms with E-state index in [9.17, 15) is 9.59 Å². The first-order chi connectivity index (χ1) is 11.2. The summed E-state index contributed by atoms with van der Waals surface area (Å²) < 4.78 is 15.6. The molecule has 0 aliphatic carbocycles. The number of rotatable bonds is 16. The van der Waals surface area contributed by atoms with Crippen molar-refractivity contribution in [2.75, 3.05) is 53.7 Å². The van der Waals surface area contributed by atoms with Gasteiger partial charge in [-0.3, -0.25) is 9.59 Å². The quantitative estimate of drug-likeness (QED) is 0.410. The minimum atomic E-state index is -0.115. The molecule has 7 heteroatoms. The van der Waals surface area contributed by atoms with Crippen molar-refractivity contribution in [2.45, 2.75) is 38.5 Å². The minimum absolute atomic E-state index is 0.0774. The highest BCUT2D eigenvalue weighted by Crippen LogP contribution is 1.99. The van der Waals surface area contributed by atoms with Crippen molar-refractivity contribution in [1.82, 2.24) is 10.6 Å². The number of methoxy groups -OCH3 is 1. The van der Waals surface area contributed by atoms with Crippen molar-refractivity contribution in [2.24, 2.45) is 0 Å². The molecule has 0 fully saturated rings. The molecule has 0 rings (SSSR count). The summed E-state index contributed by atoms with van der Waals surface area (Å²) in [6, 6.07) is 0. The van der Waals surface area contributed by atoms with E-state index in [1.165, 1.54) is 0 Å². The Morgan fingerprint density at radius 2 is 1.52 bits per heavy atom. The third-order valence-corrected chi connectivity index (χ3v) is 3.16. The molecule has 2 N–H and O–H groups in total. The predicted octanol–water partition coefficient (Wildman–Crippen LogP) is 0.869. The highest BCUT2D eigenvalue weighted by Gasteiger charge is 2.00. The first kappa shape index (κ1) is 21.8. The summed E-state index contributed by atoms with van der Waals surface area (Å²) in [6.45, 7) is 3.12. The van der Waals surface area contributed by atoms with Gasteiger partial charge >= 0.3 is 0 Å². The van der Waals surface area contributed by atoms with E-state index in [-0.39, 0.29) is 18.4 Å². The SMILES string of the molecule is CNC(=O)COCCCCOCCNC(=O)CCCCCOC. The van der Waals surface area contributed by atoms with Gasteiger partial charge in [0, 0.05) is 46.9 Å². The lowest BCUT2D eigenvalue weighted by atomic mass is 10.2. The van der Waals surface area contributed by atoms with Crippen LogP contribution in [0.3, 0.4) is 0 Å². The molecule has 0 heterocycles. The van der Waals surface area contributed by atoms with Crippen LogP contribution in [0.25, 0.3) is 0 Å². The van der Waals surface area contributed by atoms with Crippen LogP contribution in [0.4, 0.5) is 0 Å². The van der Waals surface area contributed by atoms with Crippen LogP contribution >= 0.6 is 0 Å². The number of hydrogen-bond donors (Lipinski definition) is 2. The average Bonchev–Trinajstić information content (AvgIpc) is 2.56. The Labute approximate surface area is 139 Å². The zero-order chi connectivity index (χ0) is 17.2. The van der Waals surface area contributed by atoms with Crippen LogP contribution in [-0.4, -0.2) is 65.6 Å². The fourth-order valence-electron chi connectivity index (χ4n) is 1.81. The second-order valence-electron chi connectivity index (χ2n) is 5.20. The molecule has 0 aliphatic heterocycles. The Kier molecular flexibility index (Phi) is 16.3. The van der Waals surface area contributed by atoms with Crippen molar-refractivity contribution in [3.8, 4) is 0 Å². The minimum Gasteiger partial charge on any atom is -0.385 e. The standard InChI is InChI=1S/C16H32N2O5/c1-17-16(20)14-23-12-7-6-11-22-13-9-18-15(19)8-4-3-5-10-21-2/h3-14H2,1-2H3,(H,17,20)(H,18,19). The van der Waals surface area contributed by atoms with Gasteiger partial charge in [0.25, 0.3) is 0 Å². The van der Waals surface area contributed by atoms with Gasteiger partial charge in [0.05, 0.1) is 6.61 Å². The number of amides is 2. The van der Waals surface area contributed by atoms with Gasteiger partial charge in [0.1, 0.15) is 6.61 Å². The largest absolute Gasteiger partial charge is 0.385 e. The first-order valence-corrected chi connectivity index (χ1v) is 8.32. The third kappa shape index (κ3) is 17.0. The predicted molar refractivity (Wildman–Crippen MR) is 88.3 cm³/mol. The molecule has 2 amide bonds.